The van der Waals surface area contributed by atoms with E-state index >= 15 is 0 Å². The van der Waals surface area contributed by atoms with Crippen molar-refractivity contribution < 1.29 is 0 Å². The molecule has 0 spiro atoms. The van der Waals surface area contributed by atoms with Crippen molar-refractivity contribution in [2.75, 3.05) is 17.2 Å². The number of aromatic nitrogens is 3. The Balaban J connectivity index is 1.98. The van der Waals surface area contributed by atoms with E-state index in [1.807, 2.05) is 17.5 Å². The summed E-state index contributed by atoms with van der Waals surface area (Å²) in [5.41, 5.74) is 20.3. The lowest BCUT2D eigenvalue weighted by Gasteiger charge is -1.99. The molecule has 0 saturated carbocycles. The Bertz CT molecular complexity index is 808. The zero-order valence-electron chi connectivity index (χ0n) is 10.4. The minimum Gasteiger partial charge on any atom is -0.396 e. The van der Waals surface area contributed by atoms with Crippen LogP contribution < -0.4 is 17.2 Å². The molecule has 3 rings (SSSR count). The first-order valence-electron chi connectivity index (χ1n) is 5.82. The lowest BCUT2D eigenvalue weighted by Crippen LogP contribution is -1.97. The maximum absolute atomic E-state index is 5.81. The predicted octanol–water partition coefficient (Wildman–Crippen LogP) is 2.00. The van der Waals surface area contributed by atoms with Gasteiger partial charge >= 0.3 is 0 Å². The molecule has 0 aliphatic carbocycles. The van der Waals surface area contributed by atoms with Crippen LogP contribution in [0.2, 0.25) is 0 Å². The van der Waals surface area contributed by atoms with Gasteiger partial charge in [-0.1, -0.05) is 12.2 Å². The molecule has 0 radical (unpaired) electrons. The normalized spacial score (nSPS) is 11.4. The summed E-state index contributed by atoms with van der Waals surface area (Å²) in [6, 6.07) is 1.77. The molecule has 0 unspecified atom stereocenters. The summed E-state index contributed by atoms with van der Waals surface area (Å²) < 4.78 is 0.891. The van der Waals surface area contributed by atoms with Gasteiger partial charge in [0, 0.05) is 17.1 Å². The fraction of sp³-hybridized carbons (Fsp3) is 0. The summed E-state index contributed by atoms with van der Waals surface area (Å²) in [5, 5.41) is 1.99. The van der Waals surface area contributed by atoms with Crippen molar-refractivity contribution in [1.82, 2.24) is 15.0 Å². The maximum atomic E-state index is 5.81. The second-order valence-electron chi connectivity index (χ2n) is 4.20. The molecule has 0 atom stereocenters. The Morgan fingerprint density at radius 3 is 2.65 bits per heavy atom. The topological polar surface area (TPSA) is 117 Å². The summed E-state index contributed by atoms with van der Waals surface area (Å²) in [5.74, 6) is 0.835. The predicted molar refractivity (Wildman–Crippen MR) is 83.8 cm³/mol. The van der Waals surface area contributed by atoms with Crippen LogP contribution in [0.25, 0.3) is 22.4 Å². The van der Waals surface area contributed by atoms with Gasteiger partial charge in [-0.2, -0.15) is 0 Å². The van der Waals surface area contributed by atoms with Crippen LogP contribution in [0, 0.1) is 0 Å². The van der Waals surface area contributed by atoms with Crippen LogP contribution in [0.5, 0.6) is 0 Å². The van der Waals surface area contributed by atoms with Gasteiger partial charge in [-0.15, -0.1) is 11.3 Å². The third-order valence-electron chi connectivity index (χ3n) is 2.83. The van der Waals surface area contributed by atoms with Crippen LogP contribution in [0.3, 0.4) is 0 Å². The van der Waals surface area contributed by atoms with E-state index < -0.39 is 0 Å². The second-order valence-corrected chi connectivity index (χ2v) is 5.08. The average molecular weight is 284 g/mol. The first-order valence-corrected chi connectivity index (χ1v) is 6.70. The molecule has 0 aliphatic heterocycles. The number of nitrogen functional groups attached to an aromatic ring is 3. The number of thiophene rings is 1. The molecule has 3 heterocycles. The largest absolute Gasteiger partial charge is 0.396 e. The summed E-state index contributed by atoms with van der Waals surface area (Å²) in [6.45, 7) is 0. The maximum Gasteiger partial charge on any atom is 0.146 e. The molecule has 0 bridgehead atoms. The van der Waals surface area contributed by atoms with Gasteiger partial charge in [-0.25, -0.2) is 15.0 Å². The van der Waals surface area contributed by atoms with Crippen molar-refractivity contribution in [3.63, 3.8) is 0 Å². The lowest BCUT2D eigenvalue weighted by atomic mass is 10.2. The van der Waals surface area contributed by atoms with Crippen molar-refractivity contribution >= 4 is 51.0 Å². The molecule has 0 amide bonds. The summed E-state index contributed by atoms with van der Waals surface area (Å²) in [4.78, 5) is 12.2. The van der Waals surface area contributed by atoms with Gasteiger partial charge in [0.05, 0.1) is 15.9 Å². The van der Waals surface area contributed by atoms with E-state index in [4.69, 9.17) is 17.2 Å². The van der Waals surface area contributed by atoms with E-state index in [2.05, 4.69) is 15.0 Å². The Kier molecular flexibility index (Phi) is 2.96. The molecule has 100 valence electrons. The van der Waals surface area contributed by atoms with Gasteiger partial charge in [-0.05, 0) is 11.6 Å². The quantitative estimate of drug-likeness (QED) is 0.662. The molecule has 3 aromatic heterocycles. The Hall–Kier alpha value is -2.67. The zero-order chi connectivity index (χ0) is 14.1. The Morgan fingerprint density at radius 1 is 1.00 bits per heavy atom. The fourth-order valence-corrected chi connectivity index (χ4v) is 2.68. The highest BCUT2D eigenvalue weighted by Crippen LogP contribution is 2.28. The molecular formula is C13H12N6S. The van der Waals surface area contributed by atoms with Crippen LogP contribution in [0.15, 0.2) is 24.0 Å². The van der Waals surface area contributed by atoms with E-state index in [1.165, 1.54) is 17.7 Å². The van der Waals surface area contributed by atoms with Gasteiger partial charge in [-0.3, -0.25) is 0 Å². The number of pyridine rings is 1. The van der Waals surface area contributed by atoms with E-state index in [9.17, 15) is 0 Å². The first-order chi connectivity index (χ1) is 9.65. The number of fused-ring (bicyclic) bond motifs is 1. The lowest BCUT2D eigenvalue weighted by molar-refractivity contribution is 1.24. The summed E-state index contributed by atoms with van der Waals surface area (Å²) in [7, 11) is 0. The van der Waals surface area contributed by atoms with E-state index in [0.717, 1.165) is 21.3 Å². The highest BCUT2D eigenvalue weighted by molar-refractivity contribution is 7.18. The van der Waals surface area contributed by atoms with Gasteiger partial charge < -0.3 is 17.2 Å². The standard InChI is InChI=1S/C13H12N6S/c14-9-3-7(4-17-12(9)15)1-2-8-5-20-11-10(8)18-6-19-13(11)16/h1-6H,14H2,(H2,15,17)(H2,16,18,19). The van der Waals surface area contributed by atoms with Gasteiger partial charge in [0.15, 0.2) is 0 Å². The average Bonchev–Trinajstić information content (AvgIpc) is 2.85. The third-order valence-corrected chi connectivity index (χ3v) is 3.84. The van der Waals surface area contributed by atoms with Crippen LogP contribution in [0.4, 0.5) is 17.3 Å². The molecule has 0 aliphatic rings. The molecule has 0 saturated heterocycles. The first kappa shape index (κ1) is 12.4. The summed E-state index contributed by atoms with van der Waals surface area (Å²) >= 11 is 1.52. The third kappa shape index (κ3) is 2.14. The summed E-state index contributed by atoms with van der Waals surface area (Å²) in [6.07, 6.45) is 6.98. The minimum atomic E-state index is 0.337. The molecule has 20 heavy (non-hydrogen) atoms. The molecule has 7 heteroatoms. The molecular weight excluding hydrogens is 272 g/mol. The van der Waals surface area contributed by atoms with Crippen molar-refractivity contribution in [2.45, 2.75) is 0 Å². The van der Waals surface area contributed by atoms with E-state index in [0.29, 0.717) is 17.3 Å². The number of hydrogen-bond acceptors (Lipinski definition) is 7. The van der Waals surface area contributed by atoms with Crippen molar-refractivity contribution in [3.8, 4) is 0 Å². The monoisotopic (exact) mass is 284 g/mol. The van der Waals surface area contributed by atoms with E-state index in [-0.39, 0.29) is 0 Å². The van der Waals surface area contributed by atoms with Crippen LogP contribution >= 0.6 is 11.3 Å². The van der Waals surface area contributed by atoms with Crippen molar-refractivity contribution in [1.29, 1.82) is 0 Å². The van der Waals surface area contributed by atoms with Gasteiger partial charge in [0.1, 0.15) is 18.0 Å². The number of anilines is 3. The highest BCUT2D eigenvalue weighted by Gasteiger charge is 2.06. The number of nitrogens with zero attached hydrogens (tertiary/aromatic N) is 3. The Morgan fingerprint density at radius 2 is 1.85 bits per heavy atom. The smallest absolute Gasteiger partial charge is 0.146 e. The SMILES string of the molecule is Nc1cc(C=Cc2csc3c(N)ncnc23)cnc1N. The van der Waals surface area contributed by atoms with Crippen LogP contribution in [-0.2, 0) is 0 Å². The number of nitrogens with two attached hydrogens (primary N) is 3. The molecule has 6 nitrogen and oxygen atoms in total. The van der Waals surface area contributed by atoms with Crippen molar-refractivity contribution in [2.24, 2.45) is 0 Å². The van der Waals surface area contributed by atoms with E-state index in [1.54, 1.807) is 12.3 Å². The fourth-order valence-electron chi connectivity index (χ4n) is 1.79. The molecule has 0 aromatic carbocycles. The highest BCUT2D eigenvalue weighted by atomic mass is 32.1. The van der Waals surface area contributed by atoms with Crippen molar-refractivity contribution in [3.05, 3.63) is 35.1 Å². The minimum absolute atomic E-state index is 0.337. The molecule has 6 N–H and O–H groups in total. The van der Waals surface area contributed by atoms with Gasteiger partial charge in [0.2, 0.25) is 0 Å². The molecule has 3 aromatic rings. The number of hydrogen-bond donors (Lipinski definition) is 3. The second kappa shape index (κ2) is 4.78. The van der Waals surface area contributed by atoms with Crippen LogP contribution in [0.1, 0.15) is 11.1 Å². The zero-order valence-corrected chi connectivity index (χ0v) is 11.3. The molecule has 0 fully saturated rings. The number of rotatable bonds is 2. The van der Waals surface area contributed by atoms with Crippen LogP contribution in [-0.4, -0.2) is 15.0 Å². The van der Waals surface area contributed by atoms with Gasteiger partial charge in [0.25, 0.3) is 0 Å². The Labute approximate surface area is 119 Å².